The van der Waals surface area contributed by atoms with Gasteiger partial charge < -0.3 is 15.5 Å². The number of anilines is 1. The Bertz CT molecular complexity index is 790. The van der Waals surface area contributed by atoms with Gasteiger partial charge in [-0.1, -0.05) is 30.9 Å². The number of thiophene rings is 1. The van der Waals surface area contributed by atoms with E-state index in [0.717, 1.165) is 10.4 Å². The molecule has 1 atom stereocenters. The van der Waals surface area contributed by atoms with E-state index in [9.17, 15) is 9.59 Å². The number of carbonyl (C=O) groups excluding carboxylic acids is 2. The monoisotopic (exact) mass is 355 g/mol. The molecule has 1 unspecified atom stereocenters. The molecular formula is C19H21N3O2S. The highest BCUT2D eigenvalue weighted by molar-refractivity contribution is 7.10. The van der Waals surface area contributed by atoms with Crippen molar-refractivity contribution in [3.05, 3.63) is 52.2 Å². The molecule has 0 saturated heterocycles. The lowest BCUT2D eigenvalue weighted by atomic mass is 10.1. The van der Waals surface area contributed by atoms with Gasteiger partial charge in [-0.15, -0.1) is 11.3 Å². The molecular weight excluding hydrogens is 334 g/mol. The first-order chi connectivity index (χ1) is 12.0. The van der Waals surface area contributed by atoms with E-state index in [1.165, 1.54) is 4.90 Å². The molecule has 1 aromatic carbocycles. The van der Waals surface area contributed by atoms with Crippen molar-refractivity contribution >= 4 is 29.0 Å². The second-order valence-electron chi connectivity index (χ2n) is 5.63. The lowest BCUT2D eigenvalue weighted by molar-refractivity contribution is -0.124. The number of benzene rings is 1. The highest BCUT2D eigenvalue weighted by atomic mass is 32.1. The molecule has 0 aliphatic carbocycles. The largest absolute Gasteiger partial charge is 0.359 e. The first kappa shape index (κ1) is 18.6. The summed E-state index contributed by atoms with van der Waals surface area (Å²) in [6.45, 7) is 2.12. The minimum Gasteiger partial charge on any atom is -0.359 e. The van der Waals surface area contributed by atoms with Crippen LogP contribution >= 0.6 is 11.3 Å². The Labute approximate surface area is 152 Å². The maximum absolute atomic E-state index is 12.3. The summed E-state index contributed by atoms with van der Waals surface area (Å²) < 4.78 is 0. The van der Waals surface area contributed by atoms with E-state index >= 15 is 0 Å². The smallest absolute Gasteiger partial charge is 0.321 e. The van der Waals surface area contributed by atoms with Crippen LogP contribution in [0.5, 0.6) is 0 Å². The summed E-state index contributed by atoms with van der Waals surface area (Å²) in [5.41, 5.74) is 1.50. The van der Waals surface area contributed by atoms with Gasteiger partial charge >= 0.3 is 6.03 Å². The number of urea groups is 1. The van der Waals surface area contributed by atoms with Crippen LogP contribution in [0.4, 0.5) is 10.5 Å². The van der Waals surface area contributed by atoms with Crippen LogP contribution in [0.3, 0.4) is 0 Å². The molecule has 0 radical (unpaired) electrons. The molecule has 25 heavy (non-hydrogen) atoms. The van der Waals surface area contributed by atoms with Crippen molar-refractivity contribution in [3.63, 3.8) is 0 Å². The molecule has 2 aromatic rings. The molecule has 2 N–H and O–H groups in total. The molecule has 2 rings (SSSR count). The minimum absolute atomic E-state index is 0.0921. The second kappa shape index (κ2) is 8.90. The van der Waals surface area contributed by atoms with Crippen LogP contribution in [0, 0.1) is 17.8 Å². The molecule has 5 nitrogen and oxygen atoms in total. The van der Waals surface area contributed by atoms with E-state index in [4.69, 9.17) is 0 Å². The minimum atomic E-state index is -0.274. The third-order valence-corrected chi connectivity index (χ3v) is 4.34. The van der Waals surface area contributed by atoms with E-state index in [0.29, 0.717) is 12.2 Å². The molecule has 0 spiro atoms. The fourth-order valence-corrected chi connectivity index (χ4v) is 2.77. The van der Waals surface area contributed by atoms with Crippen molar-refractivity contribution in [1.29, 1.82) is 0 Å². The Morgan fingerprint density at radius 3 is 2.72 bits per heavy atom. The van der Waals surface area contributed by atoms with Gasteiger partial charge in [-0.25, -0.2) is 4.79 Å². The topological polar surface area (TPSA) is 61.4 Å². The van der Waals surface area contributed by atoms with Gasteiger partial charge in [-0.05, 0) is 29.6 Å². The molecule has 1 aromatic heterocycles. The van der Waals surface area contributed by atoms with Gasteiger partial charge in [-0.2, -0.15) is 0 Å². The van der Waals surface area contributed by atoms with Gasteiger partial charge in [0.1, 0.15) is 0 Å². The summed E-state index contributed by atoms with van der Waals surface area (Å²) in [6.07, 6.45) is 0. The van der Waals surface area contributed by atoms with Crippen molar-refractivity contribution in [3.8, 4) is 11.8 Å². The third-order valence-electron chi connectivity index (χ3n) is 3.55. The van der Waals surface area contributed by atoms with Crippen molar-refractivity contribution in [1.82, 2.24) is 10.2 Å². The predicted octanol–water partition coefficient (Wildman–Crippen LogP) is 2.99. The summed E-state index contributed by atoms with van der Waals surface area (Å²) >= 11 is 1.59. The van der Waals surface area contributed by atoms with E-state index < -0.39 is 0 Å². The Morgan fingerprint density at radius 2 is 2.04 bits per heavy atom. The number of carbonyl (C=O) groups is 2. The van der Waals surface area contributed by atoms with Crippen LogP contribution in [0.25, 0.3) is 0 Å². The lowest BCUT2D eigenvalue weighted by Gasteiger charge is -2.21. The summed E-state index contributed by atoms with van der Waals surface area (Å²) in [6, 6.07) is 11.0. The molecule has 3 amide bonds. The van der Waals surface area contributed by atoms with Crippen LogP contribution in [-0.4, -0.2) is 37.5 Å². The third kappa shape index (κ3) is 5.66. The molecule has 0 aliphatic rings. The van der Waals surface area contributed by atoms with Gasteiger partial charge in [0, 0.05) is 31.9 Å². The van der Waals surface area contributed by atoms with Crippen molar-refractivity contribution in [2.45, 2.75) is 6.92 Å². The number of nitrogens with one attached hydrogen (secondary N) is 2. The Kier molecular flexibility index (Phi) is 6.61. The van der Waals surface area contributed by atoms with Gasteiger partial charge in [0.25, 0.3) is 0 Å². The number of nitrogens with zero attached hydrogens (tertiary/aromatic N) is 1. The zero-order valence-electron chi connectivity index (χ0n) is 14.5. The quantitative estimate of drug-likeness (QED) is 0.828. The number of hydrogen-bond donors (Lipinski definition) is 2. The molecule has 130 valence electrons. The first-order valence-electron chi connectivity index (χ1n) is 7.89. The zero-order chi connectivity index (χ0) is 18.2. The van der Waals surface area contributed by atoms with Crippen LogP contribution < -0.4 is 10.6 Å². The average Bonchev–Trinajstić information content (AvgIpc) is 3.13. The highest BCUT2D eigenvalue weighted by Crippen LogP contribution is 2.12. The van der Waals surface area contributed by atoms with E-state index in [-0.39, 0.29) is 17.9 Å². The highest BCUT2D eigenvalue weighted by Gasteiger charge is 2.17. The van der Waals surface area contributed by atoms with E-state index in [2.05, 4.69) is 22.5 Å². The number of rotatable bonds is 4. The Hall–Kier alpha value is -2.78. The standard InChI is InChI=1S/C19H21N3O2S/c1-14(18(23)20-2)13-22(3)19(24)21-16-7-4-6-15(12-16)9-10-17-8-5-11-25-17/h4-8,11-12,14H,13H2,1-3H3,(H,20,23)(H,21,24). The molecule has 1 heterocycles. The summed E-state index contributed by atoms with van der Waals surface area (Å²) in [7, 11) is 3.25. The van der Waals surface area contributed by atoms with E-state index in [1.807, 2.05) is 41.8 Å². The molecule has 0 aliphatic heterocycles. The molecule has 6 heteroatoms. The molecule has 0 saturated carbocycles. The predicted molar refractivity (Wildman–Crippen MR) is 102 cm³/mol. The molecule has 0 bridgehead atoms. The van der Waals surface area contributed by atoms with Gasteiger partial charge in [0.2, 0.25) is 5.91 Å². The fraction of sp³-hybridized carbons (Fsp3) is 0.263. The Balaban J connectivity index is 1.99. The normalized spacial score (nSPS) is 11.0. The maximum atomic E-state index is 12.3. The van der Waals surface area contributed by atoms with Crippen LogP contribution in [-0.2, 0) is 4.79 Å². The van der Waals surface area contributed by atoms with Crippen LogP contribution in [0.1, 0.15) is 17.4 Å². The van der Waals surface area contributed by atoms with Gasteiger partial charge in [-0.3, -0.25) is 4.79 Å². The fourth-order valence-electron chi connectivity index (χ4n) is 2.20. The van der Waals surface area contributed by atoms with Crippen molar-refractivity contribution < 1.29 is 9.59 Å². The van der Waals surface area contributed by atoms with Crippen molar-refractivity contribution in [2.24, 2.45) is 5.92 Å². The van der Waals surface area contributed by atoms with Gasteiger partial charge in [0.05, 0.1) is 10.8 Å². The van der Waals surface area contributed by atoms with E-state index in [1.54, 1.807) is 32.4 Å². The first-order valence-corrected chi connectivity index (χ1v) is 8.77. The SMILES string of the molecule is CNC(=O)C(C)CN(C)C(=O)Nc1cccc(C#Cc2cccs2)c1. The van der Waals surface area contributed by atoms with Crippen LogP contribution in [0.2, 0.25) is 0 Å². The van der Waals surface area contributed by atoms with Crippen LogP contribution in [0.15, 0.2) is 41.8 Å². The summed E-state index contributed by atoms with van der Waals surface area (Å²) in [5.74, 6) is 5.81. The lowest BCUT2D eigenvalue weighted by Crippen LogP contribution is -2.39. The second-order valence-corrected chi connectivity index (χ2v) is 6.58. The van der Waals surface area contributed by atoms with Crippen molar-refractivity contribution in [2.75, 3.05) is 26.0 Å². The number of hydrogen-bond acceptors (Lipinski definition) is 3. The maximum Gasteiger partial charge on any atom is 0.321 e. The average molecular weight is 355 g/mol. The zero-order valence-corrected chi connectivity index (χ0v) is 15.3. The Morgan fingerprint density at radius 1 is 1.24 bits per heavy atom. The summed E-state index contributed by atoms with van der Waals surface area (Å²) in [4.78, 5) is 26.3. The summed E-state index contributed by atoms with van der Waals surface area (Å²) in [5, 5.41) is 7.39. The number of amides is 3. The molecule has 0 fully saturated rings. The van der Waals surface area contributed by atoms with Gasteiger partial charge in [0.15, 0.2) is 0 Å².